The summed E-state index contributed by atoms with van der Waals surface area (Å²) in [7, 11) is 0. The lowest BCUT2D eigenvalue weighted by Crippen LogP contribution is -1.79. The van der Waals surface area contributed by atoms with Gasteiger partial charge in [-0.3, -0.25) is 0 Å². The Morgan fingerprint density at radius 2 is 1.87 bits per heavy atom. The molecule has 15 heavy (non-hydrogen) atoms. The van der Waals surface area contributed by atoms with Crippen LogP contribution in [0.3, 0.4) is 0 Å². The standard InChI is InChI=1S/C9H9N3O.CHN/c10-5-6-11-12-9-3-1-8(7-13)2-4-9;1-2/h1-4,13H,6-7H2;1H. The molecule has 0 amide bonds. The number of hydrogen-bond donors (Lipinski definition) is 1. The van der Waals surface area contributed by atoms with E-state index in [1.54, 1.807) is 24.3 Å². The van der Waals surface area contributed by atoms with Crippen LogP contribution in [0.25, 0.3) is 0 Å². The summed E-state index contributed by atoms with van der Waals surface area (Å²) in [4.78, 5) is 0. The van der Waals surface area contributed by atoms with E-state index in [9.17, 15) is 0 Å². The monoisotopic (exact) mass is 202 g/mol. The molecule has 0 saturated heterocycles. The number of benzene rings is 1. The number of aliphatic hydroxyl groups excluding tert-OH is 1. The first kappa shape index (κ1) is 12.8. The Bertz CT molecular complexity index is 361. The average Bonchev–Trinajstić information content (AvgIpc) is 2.33. The van der Waals surface area contributed by atoms with Gasteiger partial charge in [0.1, 0.15) is 6.54 Å². The molecule has 0 aliphatic carbocycles. The lowest BCUT2D eigenvalue weighted by Gasteiger charge is -1.94. The summed E-state index contributed by atoms with van der Waals surface area (Å²) in [6.07, 6.45) is 0. The van der Waals surface area contributed by atoms with Crippen molar-refractivity contribution < 1.29 is 5.11 Å². The quantitative estimate of drug-likeness (QED) is 0.599. The lowest BCUT2D eigenvalue weighted by atomic mass is 10.2. The van der Waals surface area contributed by atoms with Gasteiger partial charge in [0.05, 0.1) is 18.4 Å². The number of rotatable bonds is 3. The Morgan fingerprint density at radius 3 is 2.33 bits per heavy atom. The molecule has 0 heterocycles. The first-order chi connectivity index (χ1) is 7.36. The summed E-state index contributed by atoms with van der Waals surface area (Å²) in [5.41, 5.74) is 1.52. The Labute approximate surface area is 87.9 Å². The molecule has 0 aliphatic heterocycles. The SMILES string of the molecule is C#N.N#CCN=Nc1ccc(CO)cc1. The van der Waals surface area contributed by atoms with Gasteiger partial charge in [0.2, 0.25) is 0 Å². The van der Waals surface area contributed by atoms with Crippen LogP contribution in [0, 0.1) is 23.2 Å². The van der Waals surface area contributed by atoms with Crippen LogP contribution in [0.1, 0.15) is 5.56 Å². The maximum Gasteiger partial charge on any atom is 0.147 e. The van der Waals surface area contributed by atoms with Gasteiger partial charge in [-0.05, 0) is 17.7 Å². The van der Waals surface area contributed by atoms with Crippen LogP contribution in [-0.2, 0) is 6.61 Å². The molecular weight excluding hydrogens is 192 g/mol. The van der Waals surface area contributed by atoms with Crippen molar-refractivity contribution in [3.05, 3.63) is 29.8 Å². The molecule has 0 radical (unpaired) electrons. The molecule has 0 unspecified atom stereocenters. The van der Waals surface area contributed by atoms with Crippen molar-refractivity contribution in [1.29, 1.82) is 10.5 Å². The van der Waals surface area contributed by atoms with Crippen molar-refractivity contribution in [2.24, 2.45) is 10.2 Å². The van der Waals surface area contributed by atoms with E-state index < -0.39 is 0 Å². The van der Waals surface area contributed by atoms with Crippen LogP contribution in [0.4, 0.5) is 5.69 Å². The summed E-state index contributed by atoms with van der Waals surface area (Å²) in [6.45, 7) is 3.59. The molecule has 1 aromatic rings. The van der Waals surface area contributed by atoms with E-state index in [1.807, 2.05) is 6.07 Å². The third kappa shape index (κ3) is 5.14. The summed E-state index contributed by atoms with van der Waals surface area (Å²) < 4.78 is 0. The van der Waals surface area contributed by atoms with Crippen LogP contribution in [0.15, 0.2) is 34.5 Å². The van der Waals surface area contributed by atoms with E-state index in [1.165, 1.54) is 0 Å². The molecule has 1 aromatic carbocycles. The molecule has 1 rings (SSSR count). The second kappa shape index (κ2) is 8.36. The first-order valence-corrected chi connectivity index (χ1v) is 4.07. The number of nitriles is 2. The maximum atomic E-state index is 8.75. The molecule has 1 N–H and O–H groups in total. The normalized spacial score (nSPS) is 8.93. The fourth-order valence-corrected chi connectivity index (χ4v) is 0.817. The minimum absolute atomic E-state index is 0.0234. The summed E-state index contributed by atoms with van der Waals surface area (Å²) >= 11 is 0. The highest BCUT2D eigenvalue weighted by Crippen LogP contribution is 2.13. The minimum Gasteiger partial charge on any atom is -0.392 e. The zero-order valence-corrected chi connectivity index (χ0v) is 8.04. The first-order valence-electron chi connectivity index (χ1n) is 4.07. The van der Waals surface area contributed by atoms with Gasteiger partial charge in [-0.1, -0.05) is 12.1 Å². The smallest absolute Gasteiger partial charge is 0.147 e. The van der Waals surface area contributed by atoms with E-state index in [0.717, 1.165) is 5.56 Å². The number of aliphatic hydroxyl groups is 1. The third-order valence-corrected chi connectivity index (χ3v) is 1.45. The van der Waals surface area contributed by atoms with E-state index in [4.69, 9.17) is 15.6 Å². The number of hydrogen-bond acceptors (Lipinski definition) is 5. The average molecular weight is 202 g/mol. The van der Waals surface area contributed by atoms with Gasteiger partial charge in [-0.25, -0.2) is 5.26 Å². The predicted octanol–water partition coefficient (Wildman–Crippen LogP) is 1.93. The molecule has 0 fully saturated rings. The Morgan fingerprint density at radius 1 is 1.27 bits per heavy atom. The van der Waals surface area contributed by atoms with E-state index in [-0.39, 0.29) is 13.2 Å². The van der Waals surface area contributed by atoms with Gasteiger partial charge in [0, 0.05) is 6.57 Å². The molecule has 5 heteroatoms. The second-order valence-corrected chi connectivity index (χ2v) is 2.38. The molecule has 0 atom stereocenters. The van der Waals surface area contributed by atoms with Gasteiger partial charge in [0.15, 0.2) is 0 Å². The fraction of sp³-hybridized carbons (Fsp3) is 0.200. The van der Waals surface area contributed by atoms with Crippen LogP contribution in [0.5, 0.6) is 0 Å². The Balaban J connectivity index is 0.000000921. The molecule has 5 nitrogen and oxygen atoms in total. The van der Waals surface area contributed by atoms with Crippen LogP contribution in [0.2, 0.25) is 0 Å². The van der Waals surface area contributed by atoms with Gasteiger partial charge in [0.25, 0.3) is 0 Å². The van der Waals surface area contributed by atoms with Crippen molar-refractivity contribution in [2.75, 3.05) is 6.54 Å². The minimum atomic E-state index is 0.0234. The Kier molecular flexibility index (Phi) is 7.11. The van der Waals surface area contributed by atoms with E-state index >= 15 is 0 Å². The molecule has 0 spiro atoms. The summed E-state index contributed by atoms with van der Waals surface area (Å²) in [5.74, 6) is 0. The van der Waals surface area contributed by atoms with E-state index in [0.29, 0.717) is 5.69 Å². The molecule has 0 aliphatic rings. The highest BCUT2D eigenvalue weighted by molar-refractivity contribution is 5.37. The molecule has 0 aromatic heterocycles. The number of nitrogens with zero attached hydrogens (tertiary/aromatic N) is 4. The van der Waals surface area contributed by atoms with Crippen LogP contribution in [-0.4, -0.2) is 11.7 Å². The molecule has 0 saturated carbocycles. The zero-order valence-electron chi connectivity index (χ0n) is 8.04. The van der Waals surface area contributed by atoms with Gasteiger partial charge < -0.3 is 5.11 Å². The van der Waals surface area contributed by atoms with Gasteiger partial charge in [-0.15, -0.1) is 0 Å². The zero-order chi connectivity index (χ0) is 11.5. The van der Waals surface area contributed by atoms with Gasteiger partial charge in [-0.2, -0.15) is 15.5 Å². The third-order valence-electron chi connectivity index (χ3n) is 1.45. The highest BCUT2D eigenvalue weighted by atomic mass is 16.3. The molecule has 0 bridgehead atoms. The van der Waals surface area contributed by atoms with Crippen molar-refractivity contribution in [3.8, 4) is 12.6 Å². The summed E-state index contributed by atoms with van der Waals surface area (Å²) in [5, 5.41) is 30.8. The van der Waals surface area contributed by atoms with Crippen molar-refractivity contribution in [2.45, 2.75) is 6.61 Å². The van der Waals surface area contributed by atoms with Crippen molar-refractivity contribution in [3.63, 3.8) is 0 Å². The molecule has 76 valence electrons. The molecular formula is C10H10N4O. The van der Waals surface area contributed by atoms with Crippen LogP contribution < -0.4 is 0 Å². The van der Waals surface area contributed by atoms with Crippen LogP contribution >= 0.6 is 0 Å². The van der Waals surface area contributed by atoms with Gasteiger partial charge >= 0.3 is 0 Å². The summed E-state index contributed by atoms with van der Waals surface area (Å²) in [6, 6.07) is 8.87. The lowest BCUT2D eigenvalue weighted by molar-refractivity contribution is 0.282. The highest BCUT2D eigenvalue weighted by Gasteiger charge is 1.90. The second-order valence-electron chi connectivity index (χ2n) is 2.38. The number of azo groups is 1. The topological polar surface area (TPSA) is 92.5 Å². The fourth-order valence-electron chi connectivity index (χ4n) is 0.817. The maximum absolute atomic E-state index is 8.75. The largest absolute Gasteiger partial charge is 0.392 e. The van der Waals surface area contributed by atoms with E-state index in [2.05, 4.69) is 16.8 Å². The predicted molar refractivity (Wildman–Crippen MR) is 54.0 cm³/mol. The Hall–Kier alpha value is -2.24. The van der Waals surface area contributed by atoms with Crippen molar-refractivity contribution >= 4 is 5.69 Å². The van der Waals surface area contributed by atoms with Crippen molar-refractivity contribution in [1.82, 2.24) is 0 Å².